The van der Waals surface area contributed by atoms with Crippen LogP contribution in [0.5, 0.6) is 0 Å². The topological polar surface area (TPSA) is 80.4 Å². The van der Waals surface area contributed by atoms with Crippen LogP contribution >= 0.6 is 38.5 Å². The number of alkyl halides is 2. The summed E-state index contributed by atoms with van der Waals surface area (Å²) in [4.78, 5) is 0. The van der Waals surface area contributed by atoms with Crippen LogP contribution in [0.4, 0.5) is 5.69 Å². The second-order valence-electron chi connectivity index (χ2n) is 3.41. The Morgan fingerprint density at radius 1 is 1.56 bits per heavy atom. The number of sulfone groups is 1. The molecule has 0 fully saturated rings. The van der Waals surface area contributed by atoms with Gasteiger partial charge in [-0.05, 0) is 40.3 Å². The van der Waals surface area contributed by atoms with Crippen LogP contribution in [0.2, 0.25) is 0 Å². The number of benzene rings is 1. The molecule has 2 atom stereocenters. The van der Waals surface area contributed by atoms with Gasteiger partial charge in [-0.3, -0.25) is 0 Å². The fourth-order valence-electron chi connectivity index (χ4n) is 1.13. The Morgan fingerprint density at radius 3 is 2.56 bits per heavy atom. The van der Waals surface area contributed by atoms with Gasteiger partial charge in [-0.1, -0.05) is 28.1 Å². The monoisotopic (exact) mass is 419 g/mol. The van der Waals surface area contributed by atoms with E-state index < -0.39 is 17.6 Å². The van der Waals surface area contributed by atoms with Crippen LogP contribution in [0.3, 0.4) is 0 Å². The lowest BCUT2D eigenvalue weighted by molar-refractivity contribution is 0.191. The number of aliphatic hydroxyl groups is 1. The molecule has 0 aliphatic heterocycles. The zero-order valence-electron chi connectivity index (χ0n) is 8.39. The number of anilines is 1. The van der Waals surface area contributed by atoms with Crippen LogP contribution in [0.15, 0.2) is 24.3 Å². The molecule has 0 saturated carbocycles. The van der Waals surface area contributed by atoms with Gasteiger partial charge in [0.2, 0.25) is 1.66 Å². The van der Waals surface area contributed by atoms with E-state index in [4.69, 9.17) is 5.73 Å². The lowest BCUT2D eigenvalue weighted by Gasteiger charge is -2.25. The van der Waals surface area contributed by atoms with Crippen molar-refractivity contribution in [1.29, 1.82) is 0 Å². The fourth-order valence-corrected chi connectivity index (χ4v) is 2.29. The van der Waals surface area contributed by atoms with Crippen LogP contribution in [-0.4, -0.2) is 21.4 Å². The van der Waals surface area contributed by atoms with Gasteiger partial charge in [0.05, 0.1) is 0 Å². The molecule has 90 valence electrons. The minimum Gasteiger partial charge on any atom is -0.399 e. The molecule has 16 heavy (non-hydrogen) atoms. The van der Waals surface area contributed by atoms with E-state index in [0.717, 1.165) is 6.26 Å². The molecule has 0 aliphatic rings. The van der Waals surface area contributed by atoms with Crippen molar-refractivity contribution in [3.05, 3.63) is 29.8 Å². The second-order valence-corrected chi connectivity index (χ2v) is 11.3. The van der Waals surface area contributed by atoms with Gasteiger partial charge in [-0.25, -0.2) is 8.42 Å². The second kappa shape index (κ2) is 4.79. The summed E-state index contributed by atoms with van der Waals surface area (Å²) in [5.41, 5.74) is 6.50. The van der Waals surface area contributed by atoms with E-state index in [9.17, 15) is 13.5 Å². The molecule has 4 nitrogen and oxygen atoms in total. The van der Waals surface area contributed by atoms with Crippen LogP contribution in [0, 0.1) is 0 Å². The molecular weight excluding hydrogens is 409 g/mol. The smallest absolute Gasteiger partial charge is 0.206 e. The van der Waals surface area contributed by atoms with Gasteiger partial charge >= 0.3 is 0 Å². The molecule has 0 spiro atoms. The van der Waals surface area contributed by atoms with Gasteiger partial charge in [-0.15, -0.1) is 0 Å². The molecule has 0 unspecified atom stereocenters. The highest BCUT2D eigenvalue weighted by Gasteiger charge is 2.43. The average molecular weight is 420 g/mol. The standard InChI is InChI=1S/C9H11BrINO3S/c1-16(14,15)9(10,11)8(13)6-3-2-4-7(12)5-6/h2-5,8,13H,12H2,1H3/t8-,9-/m1/s1. The number of aliphatic hydroxyl groups excluding tert-OH is 1. The summed E-state index contributed by atoms with van der Waals surface area (Å²) in [6.45, 7) is 0. The number of hydrogen-bond acceptors (Lipinski definition) is 4. The number of nitrogens with two attached hydrogens (primary N) is 1. The number of rotatable bonds is 3. The SMILES string of the molecule is CS(=O)(=O)[C@](Br)(I)[C@H](O)c1cccc(N)c1. The zero-order valence-corrected chi connectivity index (χ0v) is 13.0. The summed E-state index contributed by atoms with van der Waals surface area (Å²) in [5, 5.41) is 10.0. The average Bonchev–Trinajstić information content (AvgIpc) is 2.14. The number of halogens is 2. The molecule has 0 heterocycles. The Morgan fingerprint density at radius 2 is 2.12 bits per heavy atom. The van der Waals surface area contributed by atoms with E-state index in [0.29, 0.717) is 11.3 Å². The Bertz CT molecular complexity index is 489. The quantitative estimate of drug-likeness (QED) is 0.445. The van der Waals surface area contributed by atoms with Gasteiger partial charge in [0.1, 0.15) is 6.10 Å². The Balaban J connectivity index is 3.17. The fraction of sp³-hybridized carbons (Fsp3) is 0.333. The summed E-state index contributed by atoms with van der Waals surface area (Å²) < 4.78 is 21.6. The lowest BCUT2D eigenvalue weighted by atomic mass is 10.1. The third-order valence-corrected chi connectivity index (χ3v) is 8.44. The maximum atomic E-state index is 11.5. The van der Waals surface area contributed by atoms with Crippen LogP contribution in [-0.2, 0) is 9.84 Å². The van der Waals surface area contributed by atoms with Gasteiger partial charge in [0.25, 0.3) is 0 Å². The molecule has 0 radical (unpaired) electrons. The highest BCUT2D eigenvalue weighted by Crippen LogP contribution is 2.44. The number of nitrogen functional groups attached to an aromatic ring is 1. The van der Waals surface area contributed by atoms with Gasteiger partial charge in [0.15, 0.2) is 9.84 Å². The maximum Gasteiger partial charge on any atom is 0.206 e. The molecule has 1 aromatic rings. The maximum absolute atomic E-state index is 11.5. The van der Waals surface area contributed by atoms with Crippen molar-refractivity contribution in [2.45, 2.75) is 7.77 Å². The molecule has 7 heteroatoms. The summed E-state index contributed by atoms with van der Waals surface area (Å²) in [6.07, 6.45) is -0.129. The largest absolute Gasteiger partial charge is 0.399 e. The predicted octanol–water partition coefficient (Wildman–Crippen LogP) is 1.83. The first-order valence-electron chi connectivity index (χ1n) is 4.27. The Labute approximate surface area is 116 Å². The first kappa shape index (κ1) is 14.2. The summed E-state index contributed by atoms with van der Waals surface area (Å²) >= 11 is 4.70. The molecular formula is C9H11BrINO3S. The third-order valence-electron chi connectivity index (χ3n) is 2.04. The van der Waals surface area contributed by atoms with E-state index in [1.54, 1.807) is 46.9 Å². The van der Waals surface area contributed by atoms with Crippen LogP contribution in [0.1, 0.15) is 11.7 Å². The molecule has 1 aromatic carbocycles. The first-order chi connectivity index (χ1) is 7.16. The Kier molecular flexibility index (Phi) is 4.25. The van der Waals surface area contributed by atoms with Crippen molar-refractivity contribution >= 4 is 54.0 Å². The summed E-state index contributed by atoms with van der Waals surface area (Å²) in [6, 6.07) is 6.50. The molecule has 3 N–H and O–H groups in total. The molecule has 0 aliphatic carbocycles. The van der Waals surface area contributed by atoms with Crippen molar-refractivity contribution in [3.63, 3.8) is 0 Å². The molecule has 1 rings (SSSR count). The van der Waals surface area contributed by atoms with Gasteiger partial charge in [0, 0.05) is 11.9 Å². The van der Waals surface area contributed by atoms with Gasteiger partial charge < -0.3 is 10.8 Å². The van der Waals surface area contributed by atoms with Crippen molar-refractivity contribution < 1.29 is 13.5 Å². The summed E-state index contributed by atoms with van der Waals surface area (Å²) in [7, 11) is -3.45. The van der Waals surface area contributed by atoms with Crippen molar-refractivity contribution in [2.24, 2.45) is 0 Å². The van der Waals surface area contributed by atoms with Crippen molar-refractivity contribution in [1.82, 2.24) is 0 Å². The van der Waals surface area contributed by atoms with Crippen LogP contribution < -0.4 is 5.73 Å². The third kappa shape index (κ3) is 2.88. The van der Waals surface area contributed by atoms with E-state index in [1.165, 1.54) is 0 Å². The van der Waals surface area contributed by atoms with Crippen molar-refractivity contribution in [3.8, 4) is 0 Å². The zero-order chi connectivity index (χ0) is 12.6. The van der Waals surface area contributed by atoms with E-state index in [2.05, 4.69) is 15.9 Å². The molecule has 0 saturated heterocycles. The molecule has 0 aromatic heterocycles. The Hall–Kier alpha value is 0.140. The predicted molar refractivity (Wildman–Crippen MR) is 76.3 cm³/mol. The minimum atomic E-state index is -3.45. The van der Waals surface area contributed by atoms with Gasteiger partial charge in [-0.2, -0.15) is 0 Å². The number of hydrogen-bond donors (Lipinski definition) is 2. The lowest BCUT2D eigenvalue weighted by Crippen LogP contribution is -2.31. The highest BCUT2D eigenvalue weighted by molar-refractivity contribution is 14.1. The van der Waals surface area contributed by atoms with E-state index in [-0.39, 0.29) is 0 Å². The summed E-state index contributed by atoms with van der Waals surface area (Å²) in [5.74, 6) is 0. The molecule has 0 bridgehead atoms. The van der Waals surface area contributed by atoms with Crippen LogP contribution in [0.25, 0.3) is 0 Å². The molecule has 0 amide bonds. The van der Waals surface area contributed by atoms with E-state index >= 15 is 0 Å². The highest BCUT2D eigenvalue weighted by atomic mass is 127. The minimum absolute atomic E-state index is 0.455. The normalized spacial score (nSPS) is 17.8. The van der Waals surface area contributed by atoms with E-state index in [1.807, 2.05) is 0 Å². The van der Waals surface area contributed by atoms with Crippen molar-refractivity contribution in [2.75, 3.05) is 12.0 Å². The first-order valence-corrected chi connectivity index (χ1v) is 8.03.